The Balaban J connectivity index is 1.60. The molecule has 0 bridgehead atoms. The number of hydrazine groups is 1. The van der Waals surface area contributed by atoms with Crippen molar-refractivity contribution in [3.05, 3.63) is 54.2 Å². The SMILES string of the molecule is Nc1ncc(-c2cnn(CCO)c2)nc1N(N)Cc1ccn2ncc(CO)c2c1. The van der Waals surface area contributed by atoms with Gasteiger partial charge in [-0.15, -0.1) is 0 Å². The van der Waals surface area contributed by atoms with Gasteiger partial charge in [0, 0.05) is 23.5 Å². The van der Waals surface area contributed by atoms with Crippen LogP contribution in [0, 0.1) is 0 Å². The topological polar surface area (TPSA) is 157 Å². The summed E-state index contributed by atoms with van der Waals surface area (Å²) in [6.45, 7) is 0.628. The van der Waals surface area contributed by atoms with Crippen LogP contribution in [-0.4, -0.2) is 46.2 Å². The van der Waals surface area contributed by atoms with E-state index in [-0.39, 0.29) is 19.0 Å². The number of anilines is 2. The molecule has 0 saturated carbocycles. The van der Waals surface area contributed by atoms with Gasteiger partial charge in [0.1, 0.15) is 0 Å². The summed E-state index contributed by atoms with van der Waals surface area (Å²) in [5.41, 5.74) is 9.76. The monoisotopic (exact) mass is 395 g/mol. The van der Waals surface area contributed by atoms with Crippen LogP contribution in [0.2, 0.25) is 0 Å². The van der Waals surface area contributed by atoms with E-state index < -0.39 is 0 Å². The van der Waals surface area contributed by atoms with E-state index in [1.807, 2.05) is 12.1 Å². The van der Waals surface area contributed by atoms with Crippen molar-refractivity contribution >= 4 is 17.2 Å². The molecule has 0 aliphatic carbocycles. The predicted octanol–water partition coefficient (Wildman–Crippen LogP) is -0.0651. The van der Waals surface area contributed by atoms with Gasteiger partial charge in [0.05, 0.1) is 56.1 Å². The normalized spacial score (nSPS) is 11.3. The average molecular weight is 395 g/mol. The number of pyridine rings is 1. The van der Waals surface area contributed by atoms with Crippen molar-refractivity contribution in [1.82, 2.24) is 29.4 Å². The number of hydrogen-bond donors (Lipinski definition) is 4. The molecule has 4 aromatic rings. The first-order chi connectivity index (χ1) is 14.1. The molecular formula is C18H21N9O2. The van der Waals surface area contributed by atoms with Crippen molar-refractivity contribution in [1.29, 1.82) is 0 Å². The molecule has 0 amide bonds. The van der Waals surface area contributed by atoms with Gasteiger partial charge in [0.15, 0.2) is 11.6 Å². The zero-order chi connectivity index (χ0) is 20.4. The molecule has 0 unspecified atom stereocenters. The molecule has 0 aliphatic heterocycles. The van der Waals surface area contributed by atoms with Crippen LogP contribution >= 0.6 is 0 Å². The van der Waals surface area contributed by atoms with Gasteiger partial charge >= 0.3 is 0 Å². The Labute approximate surface area is 165 Å². The molecule has 11 nitrogen and oxygen atoms in total. The number of nitrogen functional groups attached to an aromatic ring is 1. The Kier molecular flexibility index (Phi) is 5.08. The van der Waals surface area contributed by atoms with E-state index in [0.29, 0.717) is 24.6 Å². The van der Waals surface area contributed by atoms with Crippen LogP contribution in [0.15, 0.2) is 43.1 Å². The molecule has 6 N–H and O–H groups in total. The smallest absolute Gasteiger partial charge is 0.186 e. The van der Waals surface area contributed by atoms with Crippen LogP contribution in [0.4, 0.5) is 11.6 Å². The Bertz CT molecular complexity index is 1140. The highest BCUT2D eigenvalue weighted by atomic mass is 16.3. The number of nitrogens with two attached hydrogens (primary N) is 2. The molecule has 4 heterocycles. The van der Waals surface area contributed by atoms with Crippen molar-refractivity contribution < 1.29 is 10.2 Å². The third-order valence-electron chi connectivity index (χ3n) is 4.50. The van der Waals surface area contributed by atoms with Gasteiger partial charge in [-0.25, -0.2) is 20.3 Å². The molecule has 0 spiro atoms. The molecule has 4 aromatic heterocycles. The van der Waals surface area contributed by atoms with Crippen LogP contribution < -0.4 is 16.6 Å². The summed E-state index contributed by atoms with van der Waals surface area (Å²) in [7, 11) is 0. The van der Waals surface area contributed by atoms with Gasteiger partial charge in [-0.3, -0.25) is 9.69 Å². The minimum absolute atomic E-state index is 0.00408. The summed E-state index contributed by atoms with van der Waals surface area (Å²) >= 11 is 0. The minimum Gasteiger partial charge on any atom is -0.394 e. The molecular weight excluding hydrogens is 374 g/mol. The van der Waals surface area contributed by atoms with E-state index in [1.165, 1.54) is 5.01 Å². The van der Waals surface area contributed by atoms with Gasteiger partial charge < -0.3 is 15.9 Å². The quantitative estimate of drug-likeness (QED) is 0.248. The summed E-state index contributed by atoms with van der Waals surface area (Å²) in [6, 6.07) is 3.79. The summed E-state index contributed by atoms with van der Waals surface area (Å²) in [6.07, 6.45) is 8.40. The summed E-state index contributed by atoms with van der Waals surface area (Å²) < 4.78 is 3.31. The second-order valence-electron chi connectivity index (χ2n) is 6.50. The van der Waals surface area contributed by atoms with Gasteiger partial charge in [0.25, 0.3) is 0 Å². The third kappa shape index (κ3) is 3.74. The standard InChI is InChI=1S/C18H21N9O2/c19-17-18(24-15(8-21-17)13-6-22-25(10-13)3-4-28)26(20)9-12-1-2-27-16(5-12)14(11-29)7-23-27/h1-2,5-8,10,28-29H,3-4,9,11,20H2,(H2,19,21). The Hall–Kier alpha value is -3.54. The molecule has 0 atom stereocenters. The van der Waals surface area contributed by atoms with Gasteiger partial charge in [-0.2, -0.15) is 10.2 Å². The zero-order valence-corrected chi connectivity index (χ0v) is 15.5. The van der Waals surface area contributed by atoms with Gasteiger partial charge in [-0.1, -0.05) is 0 Å². The first-order valence-electron chi connectivity index (χ1n) is 8.93. The number of hydrogen-bond acceptors (Lipinski definition) is 9. The highest BCUT2D eigenvalue weighted by molar-refractivity contribution is 5.65. The lowest BCUT2D eigenvalue weighted by molar-refractivity contribution is 0.269. The van der Waals surface area contributed by atoms with Crippen molar-refractivity contribution in [3.63, 3.8) is 0 Å². The molecule has 4 rings (SSSR count). The van der Waals surface area contributed by atoms with Crippen molar-refractivity contribution in [2.24, 2.45) is 5.84 Å². The summed E-state index contributed by atoms with van der Waals surface area (Å²) in [5, 5.41) is 28.3. The fraction of sp³-hybridized carbons (Fsp3) is 0.222. The van der Waals surface area contributed by atoms with Gasteiger partial charge in [-0.05, 0) is 17.7 Å². The van der Waals surface area contributed by atoms with E-state index in [2.05, 4.69) is 20.2 Å². The molecule has 11 heteroatoms. The molecule has 0 radical (unpaired) electrons. The lowest BCUT2D eigenvalue weighted by Gasteiger charge is -2.19. The van der Waals surface area contributed by atoms with E-state index >= 15 is 0 Å². The Morgan fingerprint density at radius 2 is 2.00 bits per heavy atom. The maximum atomic E-state index is 9.44. The van der Waals surface area contributed by atoms with Gasteiger partial charge in [0.2, 0.25) is 0 Å². The molecule has 0 aromatic carbocycles. The van der Waals surface area contributed by atoms with Crippen molar-refractivity contribution in [3.8, 4) is 11.3 Å². The van der Waals surface area contributed by atoms with Crippen LogP contribution in [-0.2, 0) is 19.7 Å². The fourth-order valence-electron chi connectivity index (χ4n) is 3.03. The fourth-order valence-corrected chi connectivity index (χ4v) is 3.03. The number of aliphatic hydroxyl groups excluding tert-OH is 2. The molecule has 0 aliphatic rings. The average Bonchev–Trinajstić information content (AvgIpc) is 3.35. The number of aliphatic hydroxyl groups is 2. The Morgan fingerprint density at radius 3 is 2.79 bits per heavy atom. The summed E-state index contributed by atoms with van der Waals surface area (Å²) in [5.74, 6) is 6.79. The van der Waals surface area contributed by atoms with E-state index in [4.69, 9.17) is 16.7 Å². The van der Waals surface area contributed by atoms with Crippen LogP contribution in [0.25, 0.3) is 16.8 Å². The van der Waals surface area contributed by atoms with Crippen molar-refractivity contribution in [2.45, 2.75) is 19.7 Å². The molecule has 29 heavy (non-hydrogen) atoms. The summed E-state index contributed by atoms with van der Waals surface area (Å²) in [4.78, 5) is 8.74. The highest BCUT2D eigenvalue weighted by Gasteiger charge is 2.14. The number of aromatic nitrogens is 6. The maximum Gasteiger partial charge on any atom is 0.186 e. The second kappa shape index (κ2) is 7.83. The maximum absolute atomic E-state index is 9.44. The number of fused-ring (bicyclic) bond motifs is 1. The van der Waals surface area contributed by atoms with E-state index in [1.54, 1.807) is 40.2 Å². The molecule has 0 fully saturated rings. The number of rotatable bonds is 7. The molecule has 0 saturated heterocycles. The largest absolute Gasteiger partial charge is 0.394 e. The van der Waals surface area contributed by atoms with Crippen LogP contribution in [0.5, 0.6) is 0 Å². The van der Waals surface area contributed by atoms with E-state index in [0.717, 1.165) is 22.2 Å². The first-order valence-corrected chi connectivity index (χ1v) is 8.93. The predicted molar refractivity (Wildman–Crippen MR) is 106 cm³/mol. The lowest BCUT2D eigenvalue weighted by atomic mass is 10.2. The van der Waals surface area contributed by atoms with E-state index in [9.17, 15) is 5.11 Å². The van der Waals surface area contributed by atoms with Crippen LogP contribution in [0.1, 0.15) is 11.1 Å². The second-order valence-corrected chi connectivity index (χ2v) is 6.50. The lowest BCUT2D eigenvalue weighted by Crippen LogP contribution is -2.32. The highest BCUT2D eigenvalue weighted by Crippen LogP contribution is 2.24. The molecule has 150 valence electrons. The zero-order valence-electron chi connectivity index (χ0n) is 15.5. The third-order valence-corrected chi connectivity index (χ3v) is 4.50. The Morgan fingerprint density at radius 1 is 1.14 bits per heavy atom. The van der Waals surface area contributed by atoms with Crippen LogP contribution in [0.3, 0.4) is 0 Å². The number of nitrogens with zero attached hydrogens (tertiary/aromatic N) is 7. The minimum atomic E-state index is -0.0935. The first kappa shape index (κ1) is 18.8. The van der Waals surface area contributed by atoms with Crippen molar-refractivity contribution in [2.75, 3.05) is 17.3 Å².